The quantitative estimate of drug-likeness (QED) is 0.832. The van der Waals surface area contributed by atoms with E-state index in [1.165, 1.54) is 0 Å². The van der Waals surface area contributed by atoms with Crippen molar-refractivity contribution in [2.75, 3.05) is 19.6 Å². The van der Waals surface area contributed by atoms with Crippen molar-refractivity contribution in [3.05, 3.63) is 0 Å². The van der Waals surface area contributed by atoms with Gasteiger partial charge in [-0.05, 0) is 33.1 Å². The number of carbonyl (C=O) groups is 2. The highest BCUT2D eigenvalue weighted by Crippen LogP contribution is 2.19. The number of nitrogens with one attached hydrogen (secondary N) is 2. The summed E-state index contributed by atoms with van der Waals surface area (Å²) in [6.07, 6.45) is 0.583. The molecule has 2 N–H and O–H groups in total. The van der Waals surface area contributed by atoms with Crippen LogP contribution < -0.4 is 10.6 Å². The van der Waals surface area contributed by atoms with Gasteiger partial charge in [-0.25, -0.2) is 9.59 Å². The number of urea groups is 1. The second-order valence-electron chi connectivity index (χ2n) is 6.37. The van der Waals surface area contributed by atoms with Gasteiger partial charge in [-0.3, -0.25) is 0 Å². The van der Waals surface area contributed by atoms with Gasteiger partial charge in [-0.1, -0.05) is 13.8 Å². The van der Waals surface area contributed by atoms with Gasteiger partial charge in [0.25, 0.3) is 0 Å². The number of carbonyl (C=O) groups excluding carboxylic acids is 2. The van der Waals surface area contributed by atoms with Crippen molar-refractivity contribution in [3.8, 4) is 0 Å². The molecule has 2 unspecified atom stereocenters. The van der Waals surface area contributed by atoms with Gasteiger partial charge >= 0.3 is 12.1 Å². The zero-order chi connectivity index (χ0) is 15.3. The van der Waals surface area contributed by atoms with Crippen LogP contribution in [0.15, 0.2) is 0 Å². The first-order valence-electron chi connectivity index (χ1n) is 7.25. The van der Waals surface area contributed by atoms with Crippen LogP contribution in [-0.2, 0) is 4.74 Å². The number of nitrogens with zero attached hydrogens (tertiary/aromatic N) is 1. The lowest BCUT2D eigenvalue weighted by Gasteiger charge is -2.24. The number of likely N-dealkylation sites (tertiary alicyclic amines) is 1. The van der Waals surface area contributed by atoms with E-state index >= 15 is 0 Å². The van der Waals surface area contributed by atoms with Crippen LogP contribution in [0.3, 0.4) is 0 Å². The molecule has 1 aliphatic rings. The lowest BCUT2D eigenvalue weighted by atomic mass is 10.1. The smallest absolute Gasteiger partial charge is 0.410 e. The number of rotatable bonds is 3. The largest absolute Gasteiger partial charge is 0.444 e. The van der Waals surface area contributed by atoms with Gasteiger partial charge in [0, 0.05) is 19.6 Å². The Hall–Kier alpha value is -1.46. The van der Waals surface area contributed by atoms with Crippen LogP contribution in [-0.4, -0.2) is 48.3 Å². The average molecular weight is 285 g/mol. The number of amides is 3. The van der Waals surface area contributed by atoms with E-state index in [4.69, 9.17) is 4.74 Å². The minimum absolute atomic E-state index is 0.0284. The van der Waals surface area contributed by atoms with E-state index in [2.05, 4.69) is 10.6 Å². The van der Waals surface area contributed by atoms with Crippen molar-refractivity contribution < 1.29 is 14.3 Å². The lowest BCUT2D eigenvalue weighted by molar-refractivity contribution is 0.0286. The Balaban J connectivity index is 2.46. The molecule has 2 atom stereocenters. The van der Waals surface area contributed by atoms with Crippen molar-refractivity contribution in [1.29, 1.82) is 0 Å². The molecular weight excluding hydrogens is 258 g/mol. The van der Waals surface area contributed by atoms with Gasteiger partial charge in [0.2, 0.25) is 0 Å². The molecule has 116 valence electrons. The Labute approximate surface area is 121 Å². The third kappa shape index (κ3) is 5.27. The van der Waals surface area contributed by atoms with Crippen LogP contribution in [0.4, 0.5) is 9.59 Å². The first kappa shape index (κ1) is 16.6. The van der Waals surface area contributed by atoms with Gasteiger partial charge < -0.3 is 20.3 Å². The van der Waals surface area contributed by atoms with Crippen molar-refractivity contribution in [2.24, 2.45) is 5.92 Å². The highest BCUT2D eigenvalue weighted by atomic mass is 16.6. The third-order valence-electron chi connectivity index (χ3n) is 3.12. The Morgan fingerprint density at radius 1 is 1.30 bits per heavy atom. The molecule has 3 amide bonds. The molecular formula is C14H27N3O3. The molecule has 1 heterocycles. The summed E-state index contributed by atoms with van der Waals surface area (Å²) in [6.45, 7) is 11.3. The summed E-state index contributed by atoms with van der Waals surface area (Å²) in [5, 5.41) is 5.69. The summed E-state index contributed by atoms with van der Waals surface area (Å²) in [5.41, 5.74) is -0.496. The van der Waals surface area contributed by atoms with E-state index in [1.807, 2.05) is 34.6 Å². The molecule has 6 heteroatoms. The molecule has 0 aromatic rings. The van der Waals surface area contributed by atoms with E-state index in [0.717, 1.165) is 6.42 Å². The number of hydrogen-bond acceptors (Lipinski definition) is 3. The van der Waals surface area contributed by atoms with Crippen molar-refractivity contribution in [3.63, 3.8) is 0 Å². The van der Waals surface area contributed by atoms with Crippen LogP contribution in [0.1, 0.15) is 41.0 Å². The first-order chi connectivity index (χ1) is 9.23. The topological polar surface area (TPSA) is 70.7 Å². The summed E-state index contributed by atoms with van der Waals surface area (Å²) < 4.78 is 5.35. The molecule has 1 fully saturated rings. The SMILES string of the molecule is CCCNC(=O)NC1CN(C(=O)OC(C)(C)C)CC1C. The standard InChI is InChI=1S/C14H27N3O3/c1-6-7-15-12(18)16-11-9-17(8-10(11)2)13(19)20-14(3,4)5/h10-11H,6-9H2,1-5H3,(H2,15,16,18). The van der Waals surface area contributed by atoms with E-state index in [9.17, 15) is 9.59 Å². The molecule has 0 spiro atoms. The van der Waals surface area contributed by atoms with Crippen LogP contribution in [0.2, 0.25) is 0 Å². The fourth-order valence-electron chi connectivity index (χ4n) is 2.09. The summed E-state index contributed by atoms with van der Waals surface area (Å²) >= 11 is 0. The van der Waals surface area contributed by atoms with Crippen molar-refractivity contribution >= 4 is 12.1 Å². The Morgan fingerprint density at radius 2 is 1.95 bits per heavy atom. The molecule has 6 nitrogen and oxygen atoms in total. The normalized spacial score (nSPS) is 22.6. The third-order valence-corrected chi connectivity index (χ3v) is 3.12. The maximum atomic E-state index is 12.0. The van der Waals surface area contributed by atoms with Crippen LogP contribution in [0.5, 0.6) is 0 Å². The van der Waals surface area contributed by atoms with Gasteiger partial charge in [0.15, 0.2) is 0 Å². The Kier molecular flexibility index (Phi) is 5.65. The van der Waals surface area contributed by atoms with E-state index < -0.39 is 5.60 Å². The summed E-state index contributed by atoms with van der Waals surface area (Å²) in [6, 6.07) is -0.200. The number of ether oxygens (including phenoxy) is 1. The predicted octanol–water partition coefficient (Wildman–Crippen LogP) is 1.95. The number of hydrogen-bond donors (Lipinski definition) is 2. The van der Waals surface area contributed by atoms with Crippen LogP contribution in [0.25, 0.3) is 0 Å². The highest BCUT2D eigenvalue weighted by molar-refractivity contribution is 5.74. The maximum Gasteiger partial charge on any atom is 0.410 e. The maximum absolute atomic E-state index is 12.0. The molecule has 1 aliphatic heterocycles. The molecule has 0 radical (unpaired) electrons. The van der Waals surface area contributed by atoms with Gasteiger partial charge in [0.05, 0.1) is 6.04 Å². The zero-order valence-electron chi connectivity index (χ0n) is 13.2. The van der Waals surface area contributed by atoms with E-state index in [-0.39, 0.29) is 24.1 Å². The average Bonchev–Trinajstić information content (AvgIpc) is 2.66. The van der Waals surface area contributed by atoms with Crippen LogP contribution in [0, 0.1) is 5.92 Å². The molecule has 0 saturated carbocycles. The highest BCUT2D eigenvalue weighted by Gasteiger charge is 2.35. The first-order valence-corrected chi connectivity index (χ1v) is 7.25. The lowest BCUT2D eigenvalue weighted by Crippen LogP contribution is -2.46. The molecule has 0 aromatic carbocycles. The zero-order valence-corrected chi connectivity index (χ0v) is 13.2. The van der Waals surface area contributed by atoms with Gasteiger partial charge in [-0.15, -0.1) is 0 Å². The van der Waals surface area contributed by atoms with E-state index in [1.54, 1.807) is 4.90 Å². The molecule has 1 saturated heterocycles. The predicted molar refractivity (Wildman–Crippen MR) is 77.6 cm³/mol. The fourth-order valence-corrected chi connectivity index (χ4v) is 2.09. The van der Waals surface area contributed by atoms with Gasteiger partial charge in [0.1, 0.15) is 5.60 Å². The molecule has 0 bridgehead atoms. The minimum Gasteiger partial charge on any atom is -0.444 e. The molecule has 1 rings (SSSR count). The molecule has 0 aromatic heterocycles. The second kappa shape index (κ2) is 6.81. The molecule has 20 heavy (non-hydrogen) atoms. The monoisotopic (exact) mass is 285 g/mol. The van der Waals surface area contributed by atoms with Gasteiger partial charge in [-0.2, -0.15) is 0 Å². The van der Waals surface area contributed by atoms with Crippen molar-refractivity contribution in [1.82, 2.24) is 15.5 Å². The summed E-state index contributed by atoms with van der Waals surface area (Å²) in [4.78, 5) is 25.3. The summed E-state index contributed by atoms with van der Waals surface area (Å²) in [7, 11) is 0. The Bertz CT molecular complexity index is 352. The fraction of sp³-hybridized carbons (Fsp3) is 0.857. The second-order valence-corrected chi connectivity index (χ2v) is 6.37. The Morgan fingerprint density at radius 3 is 2.50 bits per heavy atom. The minimum atomic E-state index is -0.496. The van der Waals surface area contributed by atoms with Crippen LogP contribution >= 0.6 is 0 Å². The van der Waals surface area contributed by atoms with Crippen molar-refractivity contribution in [2.45, 2.75) is 52.7 Å². The molecule has 0 aliphatic carbocycles. The van der Waals surface area contributed by atoms with E-state index in [0.29, 0.717) is 19.6 Å². The summed E-state index contributed by atoms with van der Waals surface area (Å²) in [5.74, 6) is 0.217.